The molecule has 44 heavy (non-hydrogen) atoms. The van der Waals surface area contributed by atoms with Crippen LogP contribution in [0.4, 0.5) is 0 Å². The van der Waals surface area contributed by atoms with Crippen LogP contribution < -0.4 is 0 Å². The number of hydrogen-bond acceptors (Lipinski definition) is 8. The lowest BCUT2D eigenvalue weighted by Crippen LogP contribution is -2.65. The lowest BCUT2D eigenvalue weighted by Gasteiger charge is -2.68. The van der Waals surface area contributed by atoms with Gasteiger partial charge in [0, 0.05) is 6.42 Å². The Bertz CT molecular complexity index is 1100. The normalized spacial score (nSPS) is 51.1. The van der Waals surface area contributed by atoms with Crippen LogP contribution in [0.15, 0.2) is 12.2 Å². The van der Waals surface area contributed by atoms with Crippen LogP contribution in [0.25, 0.3) is 0 Å². The van der Waals surface area contributed by atoms with Gasteiger partial charge in [0.05, 0.1) is 30.0 Å². The summed E-state index contributed by atoms with van der Waals surface area (Å²) in [4.78, 5) is 11.9. The van der Waals surface area contributed by atoms with E-state index in [-0.39, 0.29) is 65.2 Å². The van der Waals surface area contributed by atoms with Crippen molar-refractivity contribution in [3.8, 4) is 0 Å². The van der Waals surface area contributed by atoms with E-state index >= 15 is 0 Å². The van der Waals surface area contributed by atoms with E-state index in [1.165, 1.54) is 0 Å². The molecule has 14 atom stereocenters. The van der Waals surface area contributed by atoms with Crippen LogP contribution in [0.1, 0.15) is 106 Å². The highest BCUT2D eigenvalue weighted by atomic mass is 16.7. The largest absolute Gasteiger partial charge is 0.481 e. The molecule has 5 rings (SSSR count). The van der Waals surface area contributed by atoms with E-state index in [1.54, 1.807) is 13.8 Å². The maximum Gasteiger partial charge on any atom is 0.303 e. The second-order valence-corrected chi connectivity index (χ2v) is 16.7. The molecule has 0 bridgehead atoms. The first-order valence-electron chi connectivity index (χ1n) is 16.9. The Morgan fingerprint density at radius 3 is 2.25 bits per heavy atom. The van der Waals surface area contributed by atoms with E-state index in [9.17, 15) is 30.3 Å². The maximum absolute atomic E-state index is 11.9. The summed E-state index contributed by atoms with van der Waals surface area (Å²) in [5.74, 6) is -0.337. The molecule has 0 aromatic rings. The van der Waals surface area contributed by atoms with Crippen LogP contribution in [0.3, 0.4) is 0 Å². The maximum atomic E-state index is 11.9. The van der Waals surface area contributed by atoms with Gasteiger partial charge in [-0.1, -0.05) is 32.9 Å². The molecule has 9 nitrogen and oxygen atoms in total. The summed E-state index contributed by atoms with van der Waals surface area (Å²) in [5, 5.41) is 52.2. The monoisotopic (exact) mass is 622 g/mol. The van der Waals surface area contributed by atoms with Crippen molar-refractivity contribution >= 4 is 5.97 Å². The smallest absolute Gasteiger partial charge is 0.303 e. The Morgan fingerprint density at radius 1 is 1.00 bits per heavy atom. The van der Waals surface area contributed by atoms with Gasteiger partial charge in [0.2, 0.25) is 0 Å². The van der Waals surface area contributed by atoms with Gasteiger partial charge in [0.15, 0.2) is 6.29 Å². The molecule has 0 aromatic carbocycles. The minimum Gasteiger partial charge on any atom is -0.481 e. The summed E-state index contributed by atoms with van der Waals surface area (Å²) in [6.45, 7) is 19.2. The lowest BCUT2D eigenvalue weighted by molar-refractivity contribution is -0.313. The van der Waals surface area contributed by atoms with Crippen LogP contribution >= 0.6 is 0 Å². The highest BCUT2D eigenvalue weighted by molar-refractivity contribution is 5.66. The number of fused-ring (bicyclic) bond motifs is 3. The summed E-state index contributed by atoms with van der Waals surface area (Å²) in [6, 6.07) is 0. The van der Waals surface area contributed by atoms with Crippen molar-refractivity contribution in [2.45, 2.75) is 154 Å². The molecule has 2 aliphatic heterocycles. The van der Waals surface area contributed by atoms with Crippen molar-refractivity contribution in [3.63, 3.8) is 0 Å². The van der Waals surface area contributed by atoms with Crippen LogP contribution in [0.5, 0.6) is 0 Å². The molecule has 0 amide bonds. The van der Waals surface area contributed by atoms with E-state index in [0.29, 0.717) is 12.8 Å². The topological polar surface area (TPSA) is 146 Å². The minimum atomic E-state index is -1.40. The molecule has 5 N–H and O–H groups in total. The zero-order valence-electron chi connectivity index (χ0n) is 27.9. The van der Waals surface area contributed by atoms with Gasteiger partial charge >= 0.3 is 5.97 Å². The third-order valence-corrected chi connectivity index (χ3v) is 13.8. The standard InChI is InChI=1S/C35H58O9/c1-19(2)20-9-14-33(6)24(32(20,5)13-12-26(37)38)17-23(43-30-29(40)28(39)22(36)18-42-30)27-21(10-15-34(27,33)7)35(8)16-11-25(44-35)31(3,4)41/h20-25,27-30,36,39-41H,1,9-18H2,2-8H3,(H,37,38)/t20?,21?,22-,23?,24?,25?,27?,28-,29+,30-,32?,33?,34?,35?/m0/s1. The highest BCUT2D eigenvalue weighted by Gasteiger charge is 2.71. The van der Waals surface area contributed by atoms with Gasteiger partial charge in [0.1, 0.15) is 18.3 Å². The van der Waals surface area contributed by atoms with Crippen molar-refractivity contribution in [2.75, 3.05) is 6.61 Å². The first-order valence-corrected chi connectivity index (χ1v) is 16.9. The first kappa shape index (κ1) is 34.3. The average molecular weight is 623 g/mol. The third-order valence-electron chi connectivity index (χ3n) is 13.8. The number of rotatable bonds is 8. The average Bonchev–Trinajstić information content (AvgIpc) is 3.51. The Hall–Kier alpha value is -1.07. The van der Waals surface area contributed by atoms with E-state index in [2.05, 4.69) is 41.2 Å². The predicted octanol–water partition coefficient (Wildman–Crippen LogP) is 4.44. The molecule has 10 unspecified atom stereocenters. The van der Waals surface area contributed by atoms with Crippen molar-refractivity contribution in [1.29, 1.82) is 0 Å². The van der Waals surface area contributed by atoms with Crippen molar-refractivity contribution in [3.05, 3.63) is 12.2 Å². The molecule has 3 aliphatic carbocycles. The molecule has 3 saturated carbocycles. The third kappa shape index (κ3) is 5.40. The van der Waals surface area contributed by atoms with Crippen LogP contribution in [0, 0.1) is 39.9 Å². The van der Waals surface area contributed by atoms with E-state index in [4.69, 9.17) is 14.2 Å². The molecule has 9 heteroatoms. The van der Waals surface area contributed by atoms with Crippen LogP contribution in [-0.2, 0) is 19.0 Å². The number of allylic oxidation sites excluding steroid dienone is 1. The Morgan fingerprint density at radius 2 is 1.66 bits per heavy atom. The fourth-order valence-electron chi connectivity index (χ4n) is 11.2. The van der Waals surface area contributed by atoms with Crippen molar-refractivity contribution in [1.82, 2.24) is 0 Å². The number of aliphatic hydroxyl groups excluding tert-OH is 3. The molecule has 2 saturated heterocycles. The van der Waals surface area contributed by atoms with Gasteiger partial charge in [-0.05, 0) is 119 Å². The number of ether oxygens (including phenoxy) is 3. The van der Waals surface area contributed by atoms with Crippen molar-refractivity contribution in [2.24, 2.45) is 39.9 Å². The fourth-order valence-corrected chi connectivity index (χ4v) is 11.2. The number of aliphatic carboxylic acids is 1. The van der Waals surface area contributed by atoms with Gasteiger partial charge in [-0.3, -0.25) is 4.79 Å². The number of carboxylic acids is 1. The van der Waals surface area contributed by atoms with Gasteiger partial charge in [0.25, 0.3) is 0 Å². The summed E-state index contributed by atoms with van der Waals surface area (Å²) >= 11 is 0. The molecule has 2 heterocycles. The highest BCUT2D eigenvalue weighted by Crippen LogP contribution is 2.75. The van der Waals surface area contributed by atoms with E-state index in [0.717, 1.165) is 44.1 Å². The summed E-state index contributed by atoms with van der Waals surface area (Å²) in [6.07, 6.45) is 1.04. The molecular formula is C35H58O9. The summed E-state index contributed by atoms with van der Waals surface area (Å²) in [5.41, 5.74) is -0.969. The van der Waals surface area contributed by atoms with Gasteiger partial charge < -0.3 is 39.7 Å². The summed E-state index contributed by atoms with van der Waals surface area (Å²) < 4.78 is 19.4. The minimum absolute atomic E-state index is 0.0409. The number of carbonyl (C=O) groups is 1. The van der Waals surface area contributed by atoms with E-state index < -0.39 is 41.8 Å². The first-order chi connectivity index (χ1) is 20.3. The SMILES string of the molecule is C=C(C)C1CCC2(C)C(CC(O[C@@H]3OC[C@H](O)[C@H](O)[C@H]3O)C3C(C4(C)CCC(C(C)(C)O)O4)CCC32C)C1(C)CCC(=O)O. The molecule has 0 aromatic heterocycles. The second-order valence-electron chi connectivity index (χ2n) is 16.7. The Kier molecular flexibility index (Phi) is 9.01. The van der Waals surface area contributed by atoms with Gasteiger partial charge in [-0.25, -0.2) is 0 Å². The van der Waals surface area contributed by atoms with E-state index in [1.807, 2.05) is 0 Å². The van der Waals surface area contributed by atoms with Crippen LogP contribution in [-0.4, -0.2) is 86.1 Å². The zero-order chi connectivity index (χ0) is 32.6. The quantitative estimate of drug-likeness (QED) is 0.196. The molecule has 0 radical (unpaired) electrons. The van der Waals surface area contributed by atoms with Gasteiger partial charge in [-0.2, -0.15) is 0 Å². The predicted molar refractivity (Wildman–Crippen MR) is 164 cm³/mol. The molecular weight excluding hydrogens is 564 g/mol. The second kappa shape index (κ2) is 11.6. The van der Waals surface area contributed by atoms with Crippen LogP contribution in [0.2, 0.25) is 0 Å². The Labute approximate surface area is 263 Å². The van der Waals surface area contributed by atoms with Crippen molar-refractivity contribution < 1.29 is 44.5 Å². The molecule has 252 valence electrons. The fraction of sp³-hybridized carbons (Fsp3) is 0.914. The summed E-state index contributed by atoms with van der Waals surface area (Å²) in [7, 11) is 0. The Balaban J connectivity index is 1.57. The molecule has 0 spiro atoms. The zero-order valence-corrected chi connectivity index (χ0v) is 27.9. The number of carboxylic acid groups (broad SMARTS) is 1. The number of hydrogen-bond donors (Lipinski definition) is 5. The molecule has 5 fully saturated rings. The van der Waals surface area contributed by atoms with Gasteiger partial charge in [-0.15, -0.1) is 0 Å². The number of aliphatic hydroxyl groups is 4. The molecule has 5 aliphatic rings. The lowest BCUT2D eigenvalue weighted by atomic mass is 9.37.